The molecule has 176 valence electrons. The first-order valence-corrected chi connectivity index (χ1v) is 12.1. The maximum atomic E-state index is 13.1. The molecule has 0 bridgehead atoms. The smallest absolute Gasteiger partial charge is 0.252 e. The Morgan fingerprint density at radius 1 is 1.22 bits per heavy atom. The monoisotopic (exact) mass is 459 g/mol. The van der Waals surface area contributed by atoms with Gasteiger partial charge in [0.1, 0.15) is 5.82 Å². The highest BCUT2D eigenvalue weighted by molar-refractivity contribution is 6.31. The second kappa shape index (κ2) is 10.7. The molecule has 1 N–H and O–H groups in total. The molecule has 3 rings (SSSR count). The molecule has 1 aromatic carbocycles. The third kappa shape index (κ3) is 5.46. The minimum atomic E-state index is -0.114. The van der Waals surface area contributed by atoms with Gasteiger partial charge in [-0.05, 0) is 85.2 Å². The highest BCUT2D eigenvalue weighted by Gasteiger charge is 2.28. The molecule has 0 saturated heterocycles. The van der Waals surface area contributed by atoms with Gasteiger partial charge < -0.3 is 19.7 Å². The normalized spacial score (nSPS) is 18.9. The van der Waals surface area contributed by atoms with Crippen LogP contribution in [0.5, 0.6) is 0 Å². The Balaban J connectivity index is 1.78. The van der Waals surface area contributed by atoms with E-state index in [-0.39, 0.29) is 5.91 Å². The van der Waals surface area contributed by atoms with Crippen LogP contribution in [0.25, 0.3) is 0 Å². The molecule has 1 saturated carbocycles. The lowest BCUT2D eigenvalue weighted by Gasteiger charge is -2.40. The van der Waals surface area contributed by atoms with Gasteiger partial charge >= 0.3 is 0 Å². The van der Waals surface area contributed by atoms with Crippen molar-refractivity contribution >= 4 is 23.2 Å². The van der Waals surface area contributed by atoms with E-state index in [1.54, 1.807) is 12.3 Å². The summed E-state index contributed by atoms with van der Waals surface area (Å²) in [6.07, 6.45) is 8.42. The highest BCUT2D eigenvalue weighted by Crippen LogP contribution is 2.34. The van der Waals surface area contributed by atoms with E-state index in [0.29, 0.717) is 35.3 Å². The Bertz CT molecular complexity index is 915. The molecule has 1 fully saturated rings. The lowest BCUT2D eigenvalue weighted by atomic mass is 9.89. The predicted molar refractivity (Wildman–Crippen MR) is 133 cm³/mol. The van der Waals surface area contributed by atoms with Crippen LogP contribution in [0, 0.1) is 6.92 Å². The van der Waals surface area contributed by atoms with Gasteiger partial charge in [-0.3, -0.25) is 4.79 Å². The van der Waals surface area contributed by atoms with Crippen LogP contribution in [0.1, 0.15) is 74.2 Å². The van der Waals surface area contributed by atoms with Crippen LogP contribution in [0.2, 0.25) is 5.02 Å². The van der Waals surface area contributed by atoms with Crippen molar-refractivity contribution in [3.05, 3.63) is 46.5 Å². The van der Waals surface area contributed by atoms with E-state index >= 15 is 0 Å². The van der Waals surface area contributed by atoms with Crippen LogP contribution in [-0.2, 0) is 6.54 Å². The fourth-order valence-corrected chi connectivity index (χ4v) is 5.13. The van der Waals surface area contributed by atoms with Gasteiger partial charge in [-0.25, -0.2) is 4.98 Å². The maximum Gasteiger partial charge on any atom is 0.252 e. The zero-order valence-corrected chi connectivity index (χ0v) is 21.1. The van der Waals surface area contributed by atoms with Gasteiger partial charge in [0.25, 0.3) is 5.91 Å². The minimum Gasteiger partial charge on any atom is -0.369 e. The van der Waals surface area contributed by atoms with E-state index in [0.717, 1.165) is 36.5 Å². The van der Waals surface area contributed by atoms with Crippen LogP contribution >= 0.6 is 11.6 Å². The lowest BCUT2D eigenvalue weighted by Crippen LogP contribution is -2.42. The topological polar surface area (TPSA) is 53.4 Å². The Kier molecular flexibility index (Phi) is 8.23. The Morgan fingerprint density at radius 2 is 1.88 bits per heavy atom. The van der Waals surface area contributed by atoms with Crippen molar-refractivity contribution in [3.63, 3.8) is 0 Å². The van der Waals surface area contributed by atoms with Crippen LogP contribution in [0.4, 0.5) is 5.69 Å². The van der Waals surface area contributed by atoms with E-state index in [1.165, 1.54) is 12.8 Å². The molecule has 0 aliphatic heterocycles. The van der Waals surface area contributed by atoms with E-state index in [4.69, 9.17) is 11.6 Å². The number of carbonyl (C=O) groups excluding carboxylic acids is 1. The SMILES string of the molecule is CCN(c1cc(Cl)cc(C(=O)NCc2nccn2C(C)C)c1C)C1CCC(N(C)C)CC1. The average molecular weight is 460 g/mol. The summed E-state index contributed by atoms with van der Waals surface area (Å²) in [5, 5.41) is 3.64. The number of aromatic nitrogens is 2. The second-order valence-electron chi connectivity index (χ2n) is 9.34. The van der Waals surface area contributed by atoms with Gasteiger partial charge in [0, 0.05) is 53.3 Å². The zero-order valence-electron chi connectivity index (χ0n) is 20.4. The molecular formula is C25H38ClN5O. The number of anilines is 1. The number of nitrogens with one attached hydrogen (secondary N) is 1. The summed E-state index contributed by atoms with van der Waals surface area (Å²) in [4.78, 5) is 22.3. The van der Waals surface area contributed by atoms with Crippen molar-refractivity contribution in [2.45, 2.75) is 78.0 Å². The second-order valence-corrected chi connectivity index (χ2v) is 9.77. The molecule has 2 aromatic rings. The van der Waals surface area contributed by atoms with Crippen molar-refractivity contribution < 1.29 is 4.79 Å². The fraction of sp³-hybridized carbons (Fsp3) is 0.600. The third-order valence-electron chi connectivity index (χ3n) is 6.79. The van der Waals surface area contributed by atoms with Crippen LogP contribution < -0.4 is 10.2 Å². The number of imidazole rings is 1. The Hall–Kier alpha value is -2.05. The zero-order chi connectivity index (χ0) is 23.4. The summed E-state index contributed by atoms with van der Waals surface area (Å²) in [5.41, 5.74) is 2.69. The number of amides is 1. The van der Waals surface area contributed by atoms with Gasteiger partial charge in [0.05, 0.1) is 6.54 Å². The summed E-state index contributed by atoms with van der Waals surface area (Å²) < 4.78 is 2.07. The summed E-state index contributed by atoms with van der Waals surface area (Å²) in [6.45, 7) is 9.70. The molecule has 7 heteroatoms. The first kappa shape index (κ1) is 24.6. The molecule has 32 heavy (non-hydrogen) atoms. The molecule has 1 aromatic heterocycles. The van der Waals surface area contributed by atoms with Crippen LogP contribution in [-0.4, -0.2) is 53.1 Å². The van der Waals surface area contributed by atoms with Gasteiger partial charge in [0.15, 0.2) is 0 Å². The van der Waals surface area contributed by atoms with Crippen molar-refractivity contribution in [2.24, 2.45) is 0 Å². The maximum absolute atomic E-state index is 13.1. The van der Waals surface area contributed by atoms with Crippen molar-refractivity contribution in [1.29, 1.82) is 0 Å². The van der Waals surface area contributed by atoms with Gasteiger partial charge in [0.2, 0.25) is 0 Å². The van der Waals surface area contributed by atoms with E-state index < -0.39 is 0 Å². The van der Waals surface area contributed by atoms with Crippen molar-refractivity contribution in [3.8, 4) is 0 Å². The summed E-state index contributed by atoms with van der Waals surface area (Å²) in [6, 6.07) is 5.22. The summed E-state index contributed by atoms with van der Waals surface area (Å²) in [5.74, 6) is 0.734. The quantitative estimate of drug-likeness (QED) is 0.599. The highest BCUT2D eigenvalue weighted by atomic mass is 35.5. The molecule has 0 radical (unpaired) electrons. The van der Waals surface area contributed by atoms with Crippen LogP contribution in [0.3, 0.4) is 0 Å². The predicted octanol–water partition coefficient (Wildman–Crippen LogP) is 5.05. The first-order valence-electron chi connectivity index (χ1n) is 11.8. The largest absolute Gasteiger partial charge is 0.369 e. The fourth-order valence-electron chi connectivity index (χ4n) is 4.92. The molecule has 1 amide bonds. The number of benzene rings is 1. The van der Waals surface area contributed by atoms with Crippen molar-refractivity contribution in [2.75, 3.05) is 25.5 Å². The number of nitrogens with zero attached hydrogens (tertiary/aromatic N) is 4. The molecular weight excluding hydrogens is 422 g/mol. The molecule has 1 aliphatic rings. The van der Waals surface area contributed by atoms with Crippen molar-refractivity contribution in [1.82, 2.24) is 19.8 Å². The number of rotatable bonds is 8. The van der Waals surface area contributed by atoms with Gasteiger partial charge in [-0.15, -0.1) is 0 Å². The third-order valence-corrected chi connectivity index (χ3v) is 7.01. The average Bonchev–Trinajstić information content (AvgIpc) is 3.24. The van der Waals surface area contributed by atoms with Gasteiger partial charge in [-0.1, -0.05) is 11.6 Å². The lowest BCUT2D eigenvalue weighted by molar-refractivity contribution is 0.0948. The molecule has 1 heterocycles. The first-order chi connectivity index (χ1) is 15.2. The Labute approximate surface area is 197 Å². The number of halogens is 1. The standard InChI is InChI=1S/C25H38ClN5O/c1-7-30(21-10-8-20(9-11-21)29(5)6)23-15-19(26)14-22(18(23)4)25(32)28-16-24-27-12-13-31(24)17(2)3/h12-15,17,20-21H,7-11,16H2,1-6H3,(H,28,32). The molecule has 0 atom stereocenters. The molecule has 6 nitrogen and oxygen atoms in total. The minimum absolute atomic E-state index is 0.114. The number of carbonyl (C=O) groups is 1. The Morgan fingerprint density at radius 3 is 2.47 bits per heavy atom. The number of hydrogen-bond acceptors (Lipinski definition) is 4. The van der Waals surface area contributed by atoms with Crippen LogP contribution in [0.15, 0.2) is 24.5 Å². The van der Waals surface area contributed by atoms with E-state index in [1.807, 2.05) is 19.2 Å². The van der Waals surface area contributed by atoms with Gasteiger partial charge in [-0.2, -0.15) is 0 Å². The summed E-state index contributed by atoms with van der Waals surface area (Å²) >= 11 is 6.51. The van der Waals surface area contributed by atoms with E-state index in [9.17, 15) is 4.79 Å². The molecule has 0 spiro atoms. The molecule has 0 unspecified atom stereocenters. The molecule has 1 aliphatic carbocycles. The number of hydrogen-bond donors (Lipinski definition) is 1. The summed E-state index contributed by atoms with van der Waals surface area (Å²) in [7, 11) is 4.34. The van der Waals surface area contributed by atoms with E-state index in [2.05, 4.69) is 59.5 Å².